The van der Waals surface area contributed by atoms with Crippen molar-refractivity contribution in [2.75, 3.05) is 24.5 Å². The van der Waals surface area contributed by atoms with E-state index in [0.29, 0.717) is 17.6 Å². The molecule has 0 amide bonds. The molecule has 2 fully saturated rings. The molecule has 0 spiro atoms. The van der Waals surface area contributed by atoms with Crippen molar-refractivity contribution in [3.8, 4) is 0 Å². The molecule has 0 saturated carbocycles. The molecule has 2 atom stereocenters. The van der Waals surface area contributed by atoms with E-state index >= 15 is 0 Å². The molecule has 0 aliphatic carbocycles. The molecule has 0 aromatic carbocycles. The van der Waals surface area contributed by atoms with Crippen molar-refractivity contribution in [2.24, 2.45) is 10.9 Å². The second kappa shape index (κ2) is 5.89. The molecule has 3 N–H and O–H groups in total. The first-order valence-corrected chi connectivity index (χ1v) is 7.63. The third-order valence-corrected chi connectivity index (χ3v) is 4.63. The number of hydrogen-bond acceptors (Lipinski definition) is 5. The average Bonchev–Trinajstić information content (AvgIpc) is 2.53. The van der Waals surface area contributed by atoms with Crippen LogP contribution in [0, 0.1) is 0 Å². The Morgan fingerprint density at radius 1 is 1.38 bits per heavy atom. The number of pyridine rings is 1. The molecule has 6 nitrogen and oxygen atoms in total. The number of amidine groups is 1. The number of fused-ring (bicyclic) bond motifs is 1. The minimum Gasteiger partial charge on any atom is -0.409 e. The highest BCUT2D eigenvalue weighted by atomic mass is 16.4. The largest absolute Gasteiger partial charge is 0.409 e. The van der Waals surface area contributed by atoms with Crippen LogP contribution in [0.15, 0.2) is 23.5 Å². The van der Waals surface area contributed by atoms with Gasteiger partial charge in [0, 0.05) is 36.9 Å². The smallest absolute Gasteiger partial charge is 0.171 e. The Hall–Kier alpha value is -1.82. The quantitative estimate of drug-likeness (QED) is 0.371. The van der Waals surface area contributed by atoms with Crippen molar-refractivity contribution in [3.63, 3.8) is 0 Å². The van der Waals surface area contributed by atoms with E-state index in [4.69, 9.17) is 10.9 Å². The van der Waals surface area contributed by atoms with Gasteiger partial charge in [-0.3, -0.25) is 4.90 Å². The Kier molecular flexibility index (Phi) is 3.96. The van der Waals surface area contributed by atoms with Crippen molar-refractivity contribution >= 4 is 11.7 Å². The standard InChI is InChI=1S/C15H23N5O/c1-11-9-19-7-3-2-4-13(19)10-20(11)14-6-5-12(8-17-14)15(16)18-21/h5-6,8,11,13,21H,2-4,7,9-10H2,1H3,(H2,16,18). The van der Waals surface area contributed by atoms with Crippen LogP contribution in [0.1, 0.15) is 31.7 Å². The highest BCUT2D eigenvalue weighted by molar-refractivity contribution is 5.96. The molecular weight excluding hydrogens is 266 g/mol. The van der Waals surface area contributed by atoms with Gasteiger partial charge in [0.15, 0.2) is 5.84 Å². The summed E-state index contributed by atoms with van der Waals surface area (Å²) in [6.07, 6.45) is 5.62. The summed E-state index contributed by atoms with van der Waals surface area (Å²) in [6, 6.07) is 4.93. The number of hydrogen-bond donors (Lipinski definition) is 2. The number of piperidine rings is 1. The maximum Gasteiger partial charge on any atom is 0.171 e. The van der Waals surface area contributed by atoms with Crippen molar-refractivity contribution in [1.82, 2.24) is 9.88 Å². The lowest BCUT2D eigenvalue weighted by Crippen LogP contribution is -2.59. The molecule has 3 rings (SSSR count). The van der Waals surface area contributed by atoms with Crippen LogP contribution in [0.2, 0.25) is 0 Å². The van der Waals surface area contributed by atoms with Crippen LogP contribution in [0.3, 0.4) is 0 Å². The Morgan fingerprint density at radius 2 is 2.24 bits per heavy atom. The molecule has 2 saturated heterocycles. The second-order valence-electron chi connectivity index (χ2n) is 6.04. The van der Waals surface area contributed by atoms with Gasteiger partial charge in [-0.2, -0.15) is 0 Å². The van der Waals surface area contributed by atoms with E-state index < -0.39 is 0 Å². The van der Waals surface area contributed by atoms with E-state index in [2.05, 4.69) is 26.9 Å². The van der Waals surface area contributed by atoms with E-state index in [9.17, 15) is 0 Å². The Bertz CT molecular complexity index is 515. The summed E-state index contributed by atoms with van der Waals surface area (Å²) in [4.78, 5) is 9.49. The molecule has 114 valence electrons. The predicted molar refractivity (Wildman–Crippen MR) is 82.8 cm³/mol. The van der Waals surface area contributed by atoms with Gasteiger partial charge in [-0.15, -0.1) is 0 Å². The highest BCUT2D eigenvalue weighted by Gasteiger charge is 2.33. The number of aromatic nitrogens is 1. The maximum atomic E-state index is 8.70. The third-order valence-electron chi connectivity index (χ3n) is 4.63. The molecule has 0 bridgehead atoms. The zero-order valence-corrected chi connectivity index (χ0v) is 12.4. The molecule has 1 aromatic rings. The van der Waals surface area contributed by atoms with Gasteiger partial charge in [-0.1, -0.05) is 11.6 Å². The van der Waals surface area contributed by atoms with Crippen molar-refractivity contribution in [1.29, 1.82) is 0 Å². The number of piperazine rings is 1. The molecule has 2 unspecified atom stereocenters. The van der Waals surface area contributed by atoms with Gasteiger partial charge in [0.1, 0.15) is 5.82 Å². The van der Waals surface area contributed by atoms with Crippen molar-refractivity contribution in [2.45, 2.75) is 38.3 Å². The molecule has 0 radical (unpaired) electrons. The van der Waals surface area contributed by atoms with Crippen LogP contribution in [-0.2, 0) is 0 Å². The number of rotatable bonds is 2. The zero-order chi connectivity index (χ0) is 14.8. The number of oxime groups is 1. The van der Waals surface area contributed by atoms with Crippen LogP contribution < -0.4 is 10.6 Å². The van der Waals surface area contributed by atoms with E-state index in [1.165, 1.54) is 25.8 Å². The van der Waals surface area contributed by atoms with Crippen LogP contribution in [0.4, 0.5) is 5.82 Å². The average molecular weight is 289 g/mol. The fraction of sp³-hybridized carbons (Fsp3) is 0.600. The van der Waals surface area contributed by atoms with Gasteiger partial charge >= 0.3 is 0 Å². The molecule has 2 aliphatic rings. The van der Waals surface area contributed by atoms with Crippen LogP contribution in [-0.4, -0.2) is 52.6 Å². The SMILES string of the molecule is CC1CN2CCCCC2CN1c1ccc(/C(N)=N/O)cn1. The third kappa shape index (κ3) is 2.81. The van der Waals surface area contributed by atoms with Gasteiger partial charge < -0.3 is 15.8 Å². The zero-order valence-electron chi connectivity index (χ0n) is 12.4. The van der Waals surface area contributed by atoms with Crippen LogP contribution >= 0.6 is 0 Å². The lowest BCUT2D eigenvalue weighted by Gasteiger charge is -2.48. The molecule has 21 heavy (non-hydrogen) atoms. The summed E-state index contributed by atoms with van der Waals surface area (Å²) in [5.41, 5.74) is 6.22. The maximum absolute atomic E-state index is 8.70. The van der Waals surface area contributed by atoms with Crippen LogP contribution in [0.25, 0.3) is 0 Å². The van der Waals surface area contributed by atoms with E-state index in [1.807, 2.05) is 12.1 Å². The number of nitrogens with two attached hydrogens (primary N) is 1. The molecule has 1 aromatic heterocycles. The summed E-state index contributed by atoms with van der Waals surface area (Å²) >= 11 is 0. The van der Waals surface area contributed by atoms with Crippen molar-refractivity contribution < 1.29 is 5.21 Å². The van der Waals surface area contributed by atoms with E-state index in [1.54, 1.807) is 6.20 Å². The minimum atomic E-state index is 0.0965. The Balaban J connectivity index is 1.76. The molecule has 6 heteroatoms. The molecular formula is C15H23N5O. The summed E-state index contributed by atoms with van der Waals surface area (Å²) in [7, 11) is 0. The summed E-state index contributed by atoms with van der Waals surface area (Å²) in [5.74, 6) is 1.07. The lowest BCUT2D eigenvalue weighted by molar-refractivity contribution is 0.115. The minimum absolute atomic E-state index is 0.0965. The lowest BCUT2D eigenvalue weighted by atomic mass is 9.97. The Labute approximate surface area is 125 Å². The first-order valence-electron chi connectivity index (χ1n) is 7.63. The van der Waals surface area contributed by atoms with Gasteiger partial charge in [-0.25, -0.2) is 4.98 Å². The second-order valence-corrected chi connectivity index (χ2v) is 6.04. The number of nitrogens with zero attached hydrogens (tertiary/aromatic N) is 4. The van der Waals surface area contributed by atoms with Crippen molar-refractivity contribution in [3.05, 3.63) is 23.9 Å². The Morgan fingerprint density at radius 3 is 2.95 bits per heavy atom. The van der Waals surface area contributed by atoms with Gasteiger partial charge in [0.25, 0.3) is 0 Å². The predicted octanol–water partition coefficient (Wildman–Crippen LogP) is 1.24. The topological polar surface area (TPSA) is 78.0 Å². The fourth-order valence-electron chi connectivity index (χ4n) is 3.44. The molecule has 2 aliphatic heterocycles. The first kappa shape index (κ1) is 14.1. The first-order chi connectivity index (χ1) is 10.2. The van der Waals surface area contributed by atoms with Crippen LogP contribution in [0.5, 0.6) is 0 Å². The highest BCUT2D eigenvalue weighted by Crippen LogP contribution is 2.27. The summed E-state index contributed by atoms with van der Waals surface area (Å²) < 4.78 is 0. The monoisotopic (exact) mass is 289 g/mol. The fourth-order valence-corrected chi connectivity index (χ4v) is 3.44. The van der Waals surface area contributed by atoms with Gasteiger partial charge in [0.2, 0.25) is 0 Å². The van der Waals surface area contributed by atoms with Gasteiger partial charge in [0.05, 0.1) is 0 Å². The summed E-state index contributed by atoms with van der Waals surface area (Å²) in [6.45, 7) is 5.63. The summed E-state index contributed by atoms with van der Waals surface area (Å²) in [5, 5.41) is 11.7. The number of anilines is 1. The van der Waals surface area contributed by atoms with E-state index in [-0.39, 0.29) is 5.84 Å². The van der Waals surface area contributed by atoms with E-state index in [0.717, 1.165) is 18.9 Å². The normalized spacial score (nSPS) is 27.5. The van der Waals surface area contributed by atoms with Gasteiger partial charge in [-0.05, 0) is 38.4 Å². The molecule has 3 heterocycles.